The number of ether oxygens (including phenoxy) is 1. The van der Waals surface area contributed by atoms with Crippen LogP contribution < -0.4 is 10.1 Å². The lowest BCUT2D eigenvalue weighted by Crippen LogP contribution is -2.20. The quantitative estimate of drug-likeness (QED) is 0.825. The number of halogens is 2. The third kappa shape index (κ3) is 5.04. The topological polar surface area (TPSA) is 54.4 Å². The Hall–Kier alpha value is -1.57. The lowest BCUT2D eigenvalue weighted by atomic mass is 10.1. The molecule has 0 aliphatic heterocycles. The van der Waals surface area contributed by atoms with Crippen molar-refractivity contribution < 1.29 is 18.6 Å². The number of alkyl halides is 2. The molecule has 0 bridgehead atoms. The number of thiazole rings is 1. The summed E-state index contributed by atoms with van der Waals surface area (Å²) in [5, 5.41) is 14.1. The van der Waals surface area contributed by atoms with Crippen molar-refractivity contribution in [2.24, 2.45) is 0 Å². The van der Waals surface area contributed by atoms with E-state index in [2.05, 4.69) is 15.0 Å². The van der Waals surface area contributed by atoms with Crippen molar-refractivity contribution in [1.82, 2.24) is 10.3 Å². The number of aromatic nitrogens is 1. The van der Waals surface area contributed by atoms with Gasteiger partial charge < -0.3 is 15.2 Å². The van der Waals surface area contributed by atoms with Gasteiger partial charge in [0.25, 0.3) is 0 Å². The van der Waals surface area contributed by atoms with Crippen LogP contribution in [0, 0.1) is 6.92 Å². The van der Waals surface area contributed by atoms with Gasteiger partial charge in [0.2, 0.25) is 0 Å². The number of benzene rings is 1. The van der Waals surface area contributed by atoms with E-state index in [9.17, 15) is 13.9 Å². The molecular formula is C14H16F2N2O2S. The van der Waals surface area contributed by atoms with Gasteiger partial charge in [0.15, 0.2) is 0 Å². The van der Waals surface area contributed by atoms with Crippen molar-refractivity contribution in [1.29, 1.82) is 0 Å². The summed E-state index contributed by atoms with van der Waals surface area (Å²) in [4.78, 5) is 5.22. The van der Waals surface area contributed by atoms with Crippen molar-refractivity contribution in [3.05, 3.63) is 45.9 Å². The number of hydrogen-bond donors (Lipinski definition) is 2. The molecule has 1 aromatic carbocycles. The third-order valence-corrected chi connectivity index (χ3v) is 3.69. The lowest BCUT2D eigenvalue weighted by Gasteiger charge is -2.13. The van der Waals surface area contributed by atoms with Gasteiger partial charge in [-0.2, -0.15) is 8.78 Å². The second-order valence-electron chi connectivity index (χ2n) is 4.44. The largest absolute Gasteiger partial charge is 0.435 e. The van der Waals surface area contributed by atoms with E-state index in [0.29, 0.717) is 18.7 Å². The highest BCUT2D eigenvalue weighted by molar-refractivity contribution is 7.11. The molecule has 2 N–H and O–H groups in total. The first-order valence-electron chi connectivity index (χ1n) is 6.39. The van der Waals surface area contributed by atoms with Crippen LogP contribution in [0.5, 0.6) is 5.75 Å². The number of aliphatic hydroxyl groups is 1. The minimum Gasteiger partial charge on any atom is -0.435 e. The van der Waals surface area contributed by atoms with Crippen LogP contribution in [0.2, 0.25) is 0 Å². The van der Waals surface area contributed by atoms with E-state index < -0.39 is 12.7 Å². The zero-order valence-electron chi connectivity index (χ0n) is 11.4. The summed E-state index contributed by atoms with van der Waals surface area (Å²) in [5.74, 6) is 0.0413. The summed E-state index contributed by atoms with van der Waals surface area (Å²) in [6, 6.07) is 6.08. The number of hydrogen-bond acceptors (Lipinski definition) is 5. The molecule has 4 nitrogen and oxygen atoms in total. The van der Waals surface area contributed by atoms with Crippen LogP contribution in [0.1, 0.15) is 21.6 Å². The van der Waals surface area contributed by atoms with Crippen LogP contribution in [0.3, 0.4) is 0 Å². The van der Waals surface area contributed by atoms with Crippen LogP contribution in [0.15, 0.2) is 30.5 Å². The molecule has 2 aromatic rings. The van der Waals surface area contributed by atoms with Crippen molar-refractivity contribution in [3.63, 3.8) is 0 Å². The van der Waals surface area contributed by atoms with Crippen molar-refractivity contribution in [2.45, 2.75) is 26.2 Å². The zero-order valence-corrected chi connectivity index (χ0v) is 12.2. The van der Waals surface area contributed by atoms with Gasteiger partial charge in [-0.25, -0.2) is 4.98 Å². The average molecular weight is 314 g/mol. The molecule has 0 aliphatic rings. The van der Waals surface area contributed by atoms with Gasteiger partial charge >= 0.3 is 6.61 Å². The van der Waals surface area contributed by atoms with Gasteiger partial charge in [-0.15, -0.1) is 11.3 Å². The molecule has 1 unspecified atom stereocenters. The molecule has 0 spiro atoms. The smallest absolute Gasteiger partial charge is 0.387 e. The monoisotopic (exact) mass is 314 g/mol. The van der Waals surface area contributed by atoms with E-state index in [1.54, 1.807) is 29.7 Å². The molecule has 0 saturated carbocycles. The predicted octanol–water partition coefficient (Wildman–Crippen LogP) is 2.88. The molecule has 0 radical (unpaired) electrons. The van der Waals surface area contributed by atoms with Gasteiger partial charge in [-0.05, 0) is 24.6 Å². The summed E-state index contributed by atoms with van der Waals surface area (Å²) in [7, 11) is 0. The minimum absolute atomic E-state index is 0.0413. The molecule has 21 heavy (non-hydrogen) atoms. The molecule has 1 atom stereocenters. The van der Waals surface area contributed by atoms with Crippen LogP contribution in [0.25, 0.3) is 0 Å². The molecular weight excluding hydrogens is 298 g/mol. The van der Waals surface area contributed by atoms with Gasteiger partial charge in [0.05, 0.1) is 11.1 Å². The fourth-order valence-electron chi connectivity index (χ4n) is 1.83. The number of aryl methyl sites for hydroxylation is 1. The van der Waals surface area contributed by atoms with E-state index in [1.165, 1.54) is 12.1 Å². The van der Waals surface area contributed by atoms with Gasteiger partial charge in [-0.1, -0.05) is 12.1 Å². The molecule has 1 heterocycles. The first-order chi connectivity index (χ1) is 10.0. The number of aliphatic hydroxyl groups excluding tert-OH is 1. The second-order valence-corrected chi connectivity index (χ2v) is 5.76. The van der Waals surface area contributed by atoms with E-state index in [1.807, 2.05) is 6.92 Å². The standard InChI is InChI=1S/C14H16F2N2O2S/c1-9-18-7-12(21-9)6-17-8-13(19)10-3-2-4-11(5-10)20-14(15)16/h2-5,7,13-14,17,19H,6,8H2,1H3. The Morgan fingerprint density at radius 1 is 1.43 bits per heavy atom. The SMILES string of the molecule is Cc1ncc(CNCC(O)c2cccc(OC(F)F)c2)s1. The predicted molar refractivity (Wildman–Crippen MR) is 76.6 cm³/mol. The Balaban J connectivity index is 1.86. The summed E-state index contributed by atoms with van der Waals surface area (Å²) in [6.07, 6.45) is 0.997. The summed E-state index contributed by atoms with van der Waals surface area (Å²) in [5.41, 5.74) is 0.529. The molecule has 7 heteroatoms. The average Bonchev–Trinajstić information content (AvgIpc) is 2.84. The number of nitrogens with zero attached hydrogens (tertiary/aromatic N) is 1. The maximum atomic E-state index is 12.1. The molecule has 0 fully saturated rings. The number of nitrogens with one attached hydrogen (secondary N) is 1. The zero-order chi connectivity index (χ0) is 15.2. The summed E-state index contributed by atoms with van der Waals surface area (Å²) >= 11 is 1.59. The number of rotatable bonds is 7. The Morgan fingerprint density at radius 2 is 2.24 bits per heavy atom. The lowest BCUT2D eigenvalue weighted by molar-refractivity contribution is -0.0499. The fourth-order valence-corrected chi connectivity index (χ4v) is 2.60. The van der Waals surface area contributed by atoms with E-state index in [-0.39, 0.29) is 5.75 Å². The Bertz CT molecular complexity index is 578. The first-order valence-corrected chi connectivity index (χ1v) is 7.21. The van der Waals surface area contributed by atoms with E-state index in [4.69, 9.17) is 0 Å². The molecule has 0 aliphatic carbocycles. The molecule has 114 valence electrons. The molecule has 0 amide bonds. The summed E-state index contributed by atoms with van der Waals surface area (Å²) < 4.78 is 28.6. The van der Waals surface area contributed by atoms with Gasteiger partial charge in [0.1, 0.15) is 5.75 Å². The third-order valence-electron chi connectivity index (χ3n) is 2.77. The highest BCUT2D eigenvalue weighted by atomic mass is 32.1. The Labute approximate surface area is 125 Å². The minimum atomic E-state index is -2.87. The molecule has 0 saturated heterocycles. The maximum absolute atomic E-state index is 12.1. The van der Waals surface area contributed by atoms with Gasteiger partial charge in [0, 0.05) is 24.2 Å². The van der Waals surface area contributed by atoms with Crippen LogP contribution in [-0.2, 0) is 6.54 Å². The van der Waals surface area contributed by atoms with Crippen LogP contribution >= 0.6 is 11.3 Å². The highest BCUT2D eigenvalue weighted by Crippen LogP contribution is 2.20. The highest BCUT2D eigenvalue weighted by Gasteiger charge is 2.10. The van der Waals surface area contributed by atoms with Crippen LogP contribution in [-0.4, -0.2) is 23.2 Å². The molecule has 2 rings (SSSR count). The van der Waals surface area contributed by atoms with Crippen molar-refractivity contribution >= 4 is 11.3 Å². The summed E-state index contributed by atoms with van der Waals surface area (Å²) in [6.45, 7) is -0.0207. The van der Waals surface area contributed by atoms with Crippen molar-refractivity contribution in [3.8, 4) is 5.75 Å². The van der Waals surface area contributed by atoms with Crippen molar-refractivity contribution in [2.75, 3.05) is 6.54 Å². The second kappa shape index (κ2) is 7.44. The first kappa shape index (κ1) is 15.8. The Kier molecular flexibility index (Phi) is 5.60. The fraction of sp³-hybridized carbons (Fsp3) is 0.357. The van der Waals surface area contributed by atoms with E-state index >= 15 is 0 Å². The normalized spacial score (nSPS) is 12.6. The van der Waals surface area contributed by atoms with Gasteiger partial charge in [-0.3, -0.25) is 0 Å². The van der Waals surface area contributed by atoms with E-state index in [0.717, 1.165) is 9.88 Å². The Morgan fingerprint density at radius 3 is 2.90 bits per heavy atom. The molecule has 1 aromatic heterocycles. The maximum Gasteiger partial charge on any atom is 0.387 e. The van der Waals surface area contributed by atoms with Crippen LogP contribution in [0.4, 0.5) is 8.78 Å².